The Morgan fingerprint density at radius 2 is 1.50 bits per heavy atom. The van der Waals surface area contributed by atoms with Crippen LogP contribution in [-0.4, -0.2) is 59.0 Å². The Bertz CT molecular complexity index is 1180. The number of para-hydroxylation sites is 1. The number of carboxylic acids is 1. The van der Waals surface area contributed by atoms with Crippen molar-refractivity contribution in [2.75, 3.05) is 26.2 Å². The number of hydrogen-bond acceptors (Lipinski definition) is 5. The number of amides is 1. The van der Waals surface area contributed by atoms with Gasteiger partial charge in [-0.2, -0.15) is 0 Å². The molecule has 1 fully saturated rings. The molecule has 38 heavy (non-hydrogen) atoms. The van der Waals surface area contributed by atoms with E-state index in [0.717, 1.165) is 55.2 Å². The summed E-state index contributed by atoms with van der Waals surface area (Å²) in [5, 5.41) is 12.6. The van der Waals surface area contributed by atoms with Crippen LogP contribution >= 0.6 is 0 Å². The van der Waals surface area contributed by atoms with Gasteiger partial charge in [-0.25, -0.2) is 4.79 Å². The lowest BCUT2D eigenvalue weighted by Crippen LogP contribution is -2.50. The van der Waals surface area contributed by atoms with Gasteiger partial charge >= 0.3 is 5.97 Å². The quantitative estimate of drug-likeness (QED) is 0.394. The van der Waals surface area contributed by atoms with Crippen molar-refractivity contribution < 1.29 is 19.4 Å². The third kappa shape index (κ3) is 7.66. The topological polar surface area (TPSA) is 82.1 Å². The second-order valence-electron chi connectivity index (χ2n) is 10.1. The van der Waals surface area contributed by atoms with Gasteiger partial charge < -0.3 is 20.1 Å². The molecule has 0 radical (unpaired) electrons. The Hall–Kier alpha value is -3.68. The fourth-order valence-electron chi connectivity index (χ4n) is 4.69. The molecule has 1 saturated heterocycles. The van der Waals surface area contributed by atoms with Gasteiger partial charge in [0.1, 0.15) is 11.5 Å². The molecule has 0 saturated carbocycles. The molecule has 2 N–H and O–H groups in total. The highest BCUT2D eigenvalue weighted by Crippen LogP contribution is 2.21. The Morgan fingerprint density at radius 1 is 0.842 bits per heavy atom. The fourth-order valence-corrected chi connectivity index (χ4v) is 4.69. The van der Waals surface area contributed by atoms with Crippen LogP contribution in [0.1, 0.15) is 41.8 Å². The number of ether oxygens (including phenoxy) is 1. The van der Waals surface area contributed by atoms with E-state index in [0.29, 0.717) is 18.7 Å². The molecule has 200 valence electrons. The predicted molar refractivity (Wildman–Crippen MR) is 148 cm³/mol. The molecule has 0 aromatic heterocycles. The summed E-state index contributed by atoms with van der Waals surface area (Å²) in [7, 11) is 0. The molecular weight excluding hydrogens is 478 g/mol. The van der Waals surface area contributed by atoms with E-state index >= 15 is 0 Å². The Balaban J connectivity index is 1.29. The first-order valence-electron chi connectivity index (χ1n) is 13.3. The van der Waals surface area contributed by atoms with E-state index in [-0.39, 0.29) is 17.9 Å². The van der Waals surface area contributed by atoms with Crippen LogP contribution in [0.25, 0.3) is 0 Å². The van der Waals surface area contributed by atoms with Crippen molar-refractivity contribution in [3.8, 4) is 11.5 Å². The first kappa shape index (κ1) is 27.4. The SMILES string of the molecule is CC(C)C(NCc1ccc(Oc2ccccc2)cc1)C(=O)N1CCCN(Cc2ccc(C(=O)O)cc2)CC1. The number of nitrogens with zero attached hydrogens (tertiary/aromatic N) is 2. The fraction of sp³-hybridized carbons (Fsp3) is 0.355. The highest BCUT2D eigenvalue weighted by atomic mass is 16.5. The van der Waals surface area contributed by atoms with E-state index in [1.807, 2.05) is 71.6 Å². The minimum absolute atomic E-state index is 0.150. The second-order valence-corrected chi connectivity index (χ2v) is 10.1. The lowest BCUT2D eigenvalue weighted by Gasteiger charge is -2.29. The first-order chi connectivity index (χ1) is 18.4. The van der Waals surface area contributed by atoms with E-state index in [4.69, 9.17) is 9.84 Å². The predicted octanol–water partition coefficient (Wildman–Crippen LogP) is 5.03. The number of aromatic carboxylic acids is 1. The smallest absolute Gasteiger partial charge is 0.335 e. The van der Waals surface area contributed by atoms with Gasteiger partial charge in [-0.3, -0.25) is 9.69 Å². The molecule has 7 nitrogen and oxygen atoms in total. The molecule has 0 spiro atoms. The second kappa shape index (κ2) is 13.2. The zero-order chi connectivity index (χ0) is 26.9. The van der Waals surface area contributed by atoms with Crippen LogP contribution < -0.4 is 10.1 Å². The maximum Gasteiger partial charge on any atom is 0.335 e. The van der Waals surface area contributed by atoms with Crippen molar-refractivity contribution in [3.05, 3.63) is 95.6 Å². The van der Waals surface area contributed by atoms with Crippen molar-refractivity contribution >= 4 is 11.9 Å². The van der Waals surface area contributed by atoms with Gasteiger partial charge in [0.25, 0.3) is 0 Å². The Morgan fingerprint density at radius 3 is 2.16 bits per heavy atom. The van der Waals surface area contributed by atoms with Crippen molar-refractivity contribution in [2.45, 2.75) is 39.4 Å². The van der Waals surface area contributed by atoms with Gasteiger partial charge in [0.05, 0.1) is 11.6 Å². The maximum atomic E-state index is 13.5. The van der Waals surface area contributed by atoms with Crippen LogP contribution in [-0.2, 0) is 17.9 Å². The third-order valence-corrected chi connectivity index (χ3v) is 6.87. The van der Waals surface area contributed by atoms with Crippen LogP contribution in [0.5, 0.6) is 11.5 Å². The lowest BCUT2D eigenvalue weighted by atomic mass is 10.0. The average Bonchev–Trinajstić information content (AvgIpc) is 3.16. The van der Waals surface area contributed by atoms with Gasteiger partial charge in [-0.05, 0) is 59.9 Å². The summed E-state index contributed by atoms with van der Waals surface area (Å²) in [4.78, 5) is 28.9. The molecule has 0 bridgehead atoms. The number of carbonyl (C=O) groups is 2. The molecule has 1 aliphatic heterocycles. The van der Waals surface area contributed by atoms with E-state index in [2.05, 4.69) is 24.1 Å². The van der Waals surface area contributed by atoms with Crippen molar-refractivity contribution in [1.29, 1.82) is 0 Å². The number of hydrogen-bond donors (Lipinski definition) is 2. The molecule has 1 aliphatic rings. The Kier molecular flexibility index (Phi) is 9.51. The zero-order valence-electron chi connectivity index (χ0n) is 22.2. The van der Waals surface area contributed by atoms with Crippen LogP contribution in [0.3, 0.4) is 0 Å². The molecule has 3 aromatic carbocycles. The first-order valence-corrected chi connectivity index (χ1v) is 13.3. The number of carbonyl (C=O) groups excluding carboxylic acids is 1. The largest absolute Gasteiger partial charge is 0.478 e. The molecular formula is C31H37N3O4. The summed E-state index contributed by atoms with van der Waals surface area (Å²) in [5.41, 5.74) is 2.47. The summed E-state index contributed by atoms with van der Waals surface area (Å²) < 4.78 is 5.88. The van der Waals surface area contributed by atoms with Crippen LogP contribution in [0.2, 0.25) is 0 Å². The molecule has 3 aromatic rings. The maximum absolute atomic E-state index is 13.5. The van der Waals surface area contributed by atoms with Crippen LogP contribution in [0, 0.1) is 5.92 Å². The summed E-state index contributed by atoms with van der Waals surface area (Å²) >= 11 is 0. The van der Waals surface area contributed by atoms with Crippen molar-refractivity contribution in [1.82, 2.24) is 15.1 Å². The normalized spacial score (nSPS) is 15.2. The summed E-state index contributed by atoms with van der Waals surface area (Å²) in [6.45, 7) is 8.63. The molecule has 1 amide bonds. The minimum Gasteiger partial charge on any atom is -0.478 e. The highest BCUT2D eigenvalue weighted by molar-refractivity contribution is 5.87. The van der Waals surface area contributed by atoms with Gasteiger partial charge in [0.15, 0.2) is 0 Å². The van der Waals surface area contributed by atoms with Crippen molar-refractivity contribution in [2.24, 2.45) is 5.92 Å². The van der Waals surface area contributed by atoms with Crippen LogP contribution in [0.15, 0.2) is 78.9 Å². The van der Waals surface area contributed by atoms with Gasteiger partial charge in [-0.15, -0.1) is 0 Å². The number of benzene rings is 3. The van der Waals surface area contributed by atoms with Crippen molar-refractivity contribution in [3.63, 3.8) is 0 Å². The molecule has 1 heterocycles. The van der Waals surface area contributed by atoms with E-state index in [1.54, 1.807) is 12.1 Å². The molecule has 4 rings (SSSR count). The summed E-state index contributed by atoms with van der Waals surface area (Å²) in [6, 6.07) is 24.4. The number of nitrogens with one attached hydrogen (secondary N) is 1. The lowest BCUT2D eigenvalue weighted by molar-refractivity contribution is -0.134. The van der Waals surface area contributed by atoms with E-state index in [9.17, 15) is 9.59 Å². The summed E-state index contributed by atoms with van der Waals surface area (Å²) in [6.07, 6.45) is 0.909. The molecule has 1 atom stereocenters. The van der Waals surface area contributed by atoms with E-state index < -0.39 is 5.97 Å². The van der Waals surface area contributed by atoms with Gasteiger partial charge in [0, 0.05) is 39.3 Å². The highest BCUT2D eigenvalue weighted by Gasteiger charge is 2.28. The average molecular weight is 516 g/mol. The van der Waals surface area contributed by atoms with Gasteiger partial charge in [0.2, 0.25) is 5.91 Å². The summed E-state index contributed by atoms with van der Waals surface area (Å²) in [5.74, 6) is 0.981. The Labute approximate surface area is 225 Å². The van der Waals surface area contributed by atoms with Crippen LogP contribution in [0.4, 0.5) is 0 Å². The molecule has 1 unspecified atom stereocenters. The molecule has 0 aliphatic carbocycles. The van der Waals surface area contributed by atoms with E-state index in [1.165, 1.54) is 0 Å². The molecule has 7 heteroatoms. The monoisotopic (exact) mass is 515 g/mol. The minimum atomic E-state index is -0.914. The number of carboxylic acid groups (broad SMARTS) is 1. The standard InChI is InChI=1S/C31H37N3O4/c1-23(2)29(32-21-24-11-15-28(16-12-24)38-27-7-4-3-5-8-27)30(35)34-18-6-17-33(19-20-34)22-25-9-13-26(14-10-25)31(36)37/h3-5,7-16,23,29,32H,6,17-22H2,1-2H3,(H,36,37). The van der Waals surface area contributed by atoms with Gasteiger partial charge in [-0.1, -0.05) is 56.3 Å². The third-order valence-electron chi connectivity index (χ3n) is 6.87. The zero-order valence-corrected chi connectivity index (χ0v) is 22.2. The number of rotatable bonds is 10.